The molecule has 0 saturated carbocycles. The summed E-state index contributed by atoms with van der Waals surface area (Å²) >= 11 is 4.90. The van der Waals surface area contributed by atoms with Crippen molar-refractivity contribution in [2.45, 2.75) is 18.8 Å². The fourth-order valence-corrected chi connectivity index (χ4v) is 4.76. The zero-order chi connectivity index (χ0) is 16.4. The first-order valence-electron chi connectivity index (χ1n) is 7.75. The largest absolute Gasteiger partial charge is 0.465 e. The van der Waals surface area contributed by atoms with Crippen LogP contribution in [0.1, 0.15) is 34.0 Å². The van der Waals surface area contributed by atoms with Crippen LogP contribution in [0.25, 0.3) is 10.4 Å². The van der Waals surface area contributed by atoms with Gasteiger partial charge in [0.15, 0.2) is 0 Å². The summed E-state index contributed by atoms with van der Waals surface area (Å²) in [5.74, 6) is 0.372. The Bertz CT molecular complexity index is 688. The number of halogens is 1. The number of ether oxygens (including phenoxy) is 1. The van der Waals surface area contributed by atoms with Gasteiger partial charge in [-0.25, -0.2) is 4.79 Å². The molecule has 0 spiro atoms. The summed E-state index contributed by atoms with van der Waals surface area (Å²) in [6.45, 7) is 2.35. The minimum absolute atomic E-state index is 0.295. The first-order valence-corrected chi connectivity index (χ1v) is 9.36. The molecular formula is C18H20BrNO2S. The van der Waals surface area contributed by atoms with E-state index in [4.69, 9.17) is 4.74 Å². The molecule has 0 aliphatic carbocycles. The number of esters is 1. The van der Waals surface area contributed by atoms with E-state index in [2.05, 4.69) is 52.1 Å². The van der Waals surface area contributed by atoms with Gasteiger partial charge in [-0.3, -0.25) is 0 Å². The normalized spacial score (nSPS) is 16.5. The highest BCUT2D eigenvalue weighted by Crippen LogP contribution is 2.36. The minimum Gasteiger partial charge on any atom is -0.465 e. The molecule has 3 nitrogen and oxygen atoms in total. The highest BCUT2D eigenvalue weighted by molar-refractivity contribution is 9.10. The van der Waals surface area contributed by atoms with E-state index in [1.807, 2.05) is 6.07 Å². The molecule has 0 bridgehead atoms. The van der Waals surface area contributed by atoms with Crippen LogP contribution in [0.4, 0.5) is 0 Å². The zero-order valence-corrected chi connectivity index (χ0v) is 15.7. The number of carbonyl (C=O) groups is 1. The Balaban J connectivity index is 1.78. The first kappa shape index (κ1) is 16.7. The van der Waals surface area contributed by atoms with Crippen LogP contribution in [0.5, 0.6) is 0 Å². The van der Waals surface area contributed by atoms with Gasteiger partial charge in [0, 0.05) is 9.35 Å². The molecule has 3 rings (SSSR count). The van der Waals surface area contributed by atoms with Crippen molar-refractivity contribution < 1.29 is 9.53 Å². The molecule has 1 fully saturated rings. The Morgan fingerprint density at radius 3 is 2.52 bits per heavy atom. The van der Waals surface area contributed by atoms with E-state index in [-0.39, 0.29) is 5.97 Å². The second kappa shape index (κ2) is 7.16. The zero-order valence-electron chi connectivity index (χ0n) is 13.3. The molecule has 0 radical (unpaired) electrons. The van der Waals surface area contributed by atoms with E-state index in [1.54, 1.807) is 0 Å². The lowest BCUT2D eigenvalue weighted by Gasteiger charge is -2.29. The number of rotatable bonds is 3. The third kappa shape index (κ3) is 3.67. The second-order valence-corrected chi connectivity index (χ2v) is 7.89. The van der Waals surface area contributed by atoms with Gasteiger partial charge >= 0.3 is 5.97 Å². The van der Waals surface area contributed by atoms with Crippen LogP contribution in [0.15, 0.2) is 34.8 Å². The number of hydrogen-bond acceptors (Lipinski definition) is 4. The van der Waals surface area contributed by atoms with Gasteiger partial charge in [0.05, 0.1) is 7.11 Å². The number of carbonyl (C=O) groups excluding carboxylic acids is 1. The Morgan fingerprint density at radius 2 is 1.91 bits per heavy atom. The van der Waals surface area contributed by atoms with Crippen molar-refractivity contribution in [3.8, 4) is 10.4 Å². The van der Waals surface area contributed by atoms with E-state index in [1.165, 1.54) is 49.9 Å². The first-order chi connectivity index (χ1) is 11.1. The van der Waals surface area contributed by atoms with E-state index < -0.39 is 0 Å². The van der Waals surface area contributed by atoms with Gasteiger partial charge in [0.2, 0.25) is 0 Å². The molecule has 0 atom stereocenters. The van der Waals surface area contributed by atoms with Crippen LogP contribution in [-0.4, -0.2) is 38.1 Å². The molecule has 5 heteroatoms. The molecule has 122 valence electrons. The third-order valence-corrected chi connectivity index (χ3v) is 6.49. The van der Waals surface area contributed by atoms with Gasteiger partial charge in [-0.05, 0) is 72.0 Å². The van der Waals surface area contributed by atoms with Crippen LogP contribution in [0, 0.1) is 0 Å². The molecule has 1 aliphatic heterocycles. The quantitative estimate of drug-likeness (QED) is 0.703. The van der Waals surface area contributed by atoms with E-state index in [9.17, 15) is 4.79 Å². The Morgan fingerprint density at radius 1 is 1.26 bits per heavy atom. The molecule has 1 aromatic heterocycles. The maximum absolute atomic E-state index is 11.7. The summed E-state index contributed by atoms with van der Waals surface area (Å²) in [6.07, 6.45) is 2.46. The molecule has 0 unspecified atom stereocenters. The summed E-state index contributed by atoms with van der Waals surface area (Å²) in [5, 5.41) is 0. The van der Waals surface area contributed by atoms with Crippen LogP contribution in [0.2, 0.25) is 0 Å². The molecule has 1 aromatic carbocycles. The molecule has 1 saturated heterocycles. The molecule has 0 amide bonds. The van der Waals surface area contributed by atoms with Crippen molar-refractivity contribution in [1.82, 2.24) is 4.90 Å². The number of benzene rings is 1. The van der Waals surface area contributed by atoms with Gasteiger partial charge in [-0.2, -0.15) is 0 Å². The number of piperidine rings is 1. The topological polar surface area (TPSA) is 29.5 Å². The number of hydrogen-bond donors (Lipinski definition) is 0. The predicted molar refractivity (Wildman–Crippen MR) is 98.3 cm³/mol. The molecular weight excluding hydrogens is 374 g/mol. The van der Waals surface area contributed by atoms with Crippen molar-refractivity contribution in [2.24, 2.45) is 0 Å². The number of likely N-dealkylation sites (tertiary alicyclic amines) is 1. The third-order valence-electron chi connectivity index (χ3n) is 4.44. The summed E-state index contributed by atoms with van der Waals surface area (Å²) in [7, 11) is 3.59. The number of nitrogens with zero attached hydrogens (tertiary/aromatic N) is 1. The van der Waals surface area contributed by atoms with E-state index in [0.29, 0.717) is 10.8 Å². The number of methoxy groups -OCH3 is 1. The lowest BCUT2D eigenvalue weighted by molar-refractivity contribution is 0.0605. The fourth-order valence-electron chi connectivity index (χ4n) is 3.00. The molecule has 23 heavy (non-hydrogen) atoms. The molecule has 1 aliphatic rings. The SMILES string of the molecule is COC(=O)c1sc(-c2ccc(C3CCN(C)CC3)cc2)cc1Br. The fraction of sp³-hybridized carbons (Fsp3) is 0.389. The number of thiophene rings is 1. The Labute approximate surface area is 149 Å². The lowest BCUT2D eigenvalue weighted by atomic mass is 9.89. The van der Waals surface area contributed by atoms with Crippen molar-refractivity contribution in [2.75, 3.05) is 27.2 Å². The van der Waals surface area contributed by atoms with Crippen molar-refractivity contribution in [1.29, 1.82) is 0 Å². The molecule has 2 aromatic rings. The highest BCUT2D eigenvalue weighted by atomic mass is 79.9. The molecule has 0 N–H and O–H groups in total. The van der Waals surface area contributed by atoms with Crippen LogP contribution < -0.4 is 0 Å². The summed E-state index contributed by atoms with van der Waals surface area (Å²) in [4.78, 5) is 15.8. The van der Waals surface area contributed by atoms with E-state index in [0.717, 1.165) is 14.9 Å². The average Bonchev–Trinajstić information content (AvgIpc) is 2.97. The van der Waals surface area contributed by atoms with Gasteiger partial charge in [0.1, 0.15) is 4.88 Å². The van der Waals surface area contributed by atoms with Gasteiger partial charge < -0.3 is 9.64 Å². The van der Waals surface area contributed by atoms with Crippen molar-refractivity contribution in [3.05, 3.63) is 45.2 Å². The lowest BCUT2D eigenvalue weighted by Crippen LogP contribution is -2.29. The smallest absolute Gasteiger partial charge is 0.349 e. The second-order valence-electron chi connectivity index (χ2n) is 5.98. The van der Waals surface area contributed by atoms with Crippen LogP contribution in [-0.2, 0) is 4.74 Å². The monoisotopic (exact) mass is 393 g/mol. The Kier molecular flexibility index (Phi) is 5.19. The summed E-state index contributed by atoms with van der Waals surface area (Å²) in [5.41, 5.74) is 2.56. The summed E-state index contributed by atoms with van der Waals surface area (Å²) < 4.78 is 5.61. The van der Waals surface area contributed by atoms with Crippen molar-refractivity contribution in [3.63, 3.8) is 0 Å². The average molecular weight is 394 g/mol. The van der Waals surface area contributed by atoms with Crippen LogP contribution in [0.3, 0.4) is 0 Å². The van der Waals surface area contributed by atoms with Gasteiger partial charge in [-0.15, -0.1) is 11.3 Å². The minimum atomic E-state index is -0.295. The van der Waals surface area contributed by atoms with E-state index >= 15 is 0 Å². The maximum atomic E-state index is 11.7. The summed E-state index contributed by atoms with van der Waals surface area (Å²) in [6, 6.07) is 10.8. The van der Waals surface area contributed by atoms with Gasteiger partial charge in [0.25, 0.3) is 0 Å². The predicted octanol–water partition coefficient (Wildman–Crippen LogP) is 4.77. The van der Waals surface area contributed by atoms with Gasteiger partial charge in [-0.1, -0.05) is 24.3 Å². The highest BCUT2D eigenvalue weighted by Gasteiger charge is 2.19. The maximum Gasteiger partial charge on any atom is 0.349 e. The van der Waals surface area contributed by atoms with Crippen molar-refractivity contribution >= 4 is 33.2 Å². The standard InChI is InChI=1S/C18H20BrNO2S/c1-20-9-7-13(8-10-20)12-3-5-14(6-4-12)16-11-15(19)17(23-16)18(21)22-2/h3-6,11,13H,7-10H2,1-2H3. The Hall–Kier alpha value is -1.17. The van der Waals surface area contributed by atoms with Crippen LogP contribution >= 0.6 is 27.3 Å². The molecule has 2 heterocycles.